The van der Waals surface area contributed by atoms with Crippen molar-refractivity contribution < 1.29 is 39.2 Å². The molecule has 1 amide bonds. The second-order valence-electron chi connectivity index (χ2n) is 15.8. The van der Waals surface area contributed by atoms with E-state index in [-0.39, 0.29) is 43.2 Å². The van der Waals surface area contributed by atoms with Crippen molar-refractivity contribution in [3.8, 4) is 5.75 Å². The van der Waals surface area contributed by atoms with Gasteiger partial charge in [-0.05, 0) is 135 Å². The number of carbonyl (C=O) groups is 4. The molecule has 12 nitrogen and oxygen atoms in total. The molecule has 3 aromatic carbocycles. The summed E-state index contributed by atoms with van der Waals surface area (Å²) in [6.07, 6.45) is 3.82. The fourth-order valence-corrected chi connectivity index (χ4v) is 8.75. The number of hydrogen-bond donors (Lipinski definition) is 6. The van der Waals surface area contributed by atoms with Gasteiger partial charge in [-0.15, -0.1) is 0 Å². The molecule has 0 unspecified atom stereocenters. The number of ether oxygens (including phenoxy) is 1. The highest BCUT2D eigenvalue weighted by molar-refractivity contribution is 5.79. The molecule has 3 aliphatic heterocycles. The molecule has 3 heterocycles. The lowest BCUT2D eigenvalue weighted by Gasteiger charge is -2.24. The summed E-state index contributed by atoms with van der Waals surface area (Å²) < 4.78 is 6.19. The molecule has 6 rings (SSSR count). The minimum atomic E-state index is -0.804. The van der Waals surface area contributed by atoms with E-state index in [4.69, 9.17) is 4.74 Å². The van der Waals surface area contributed by atoms with Gasteiger partial charge in [0.25, 0.3) is 0 Å². The molecular formula is C44H56N4O8. The number of carboxylic acid groups (broad SMARTS) is 3. The lowest BCUT2D eigenvalue weighted by molar-refractivity contribution is -0.144. The molecule has 0 radical (unpaired) electrons. The molecule has 3 aromatic rings. The van der Waals surface area contributed by atoms with Crippen molar-refractivity contribution in [3.63, 3.8) is 0 Å². The molecule has 56 heavy (non-hydrogen) atoms. The van der Waals surface area contributed by atoms with Gasteiger partial charge in [-0.2, -0.15) is 0 Å². The summed E-state index contributed by atoms with van der Waals surface area (Å²) in [5.74, 6) is -3.20. The average Bonchev–Trinajstić information content (AvgIpc) is 4.00. The smallest absolute Gasteiger partial charge is 0.307 e. The monoisotopic (exact) mass is 768 g/mol. The van der Waals surface area contributed by atoms with Gasteiger partial charge < -0.3 is 40.9 Å². The van der Waals surface area contributed by atoms with Crippen LogP contribution in [0.3, 0.4) is 0 Å². The topological polar surface area (TPSA) is 178 Å². The lowest BCUT2D eigenvalue weighted by Crippen LogP contribution is -2.35. The van der Waals surface area contributed by atoms with Crippen molar-refractivity contribution in [2.24, 2.45) is 35.5 Å². The van der Waals surface area contributed by atoms with E-state index in [0.29, 0.717) is 51.2 Å². The molecular weight excluding hydrogens is 713 g/mol. The lowest BCUT2D eigenvalue weighted by atomic mass is 9.86. The summed E-state index contributed by atoms with van der Waals surface area (Å²) in [5, 5.41) is 39.8. The highest BCUT2D eigenvalue weighted by Crippen LogP contribution is 2.27. The molecule has 3 aliphatic rings. The summed E-state index contributed by atoms with van der Waals surface area (Å²) in [6, 6.07) is 22.9. The van der Waals surface area contributed by atoms with Crippen LogP contribution in [0.4, 0.5) is 0 Å². The van der Waals surface area contributed by atoms with Crippen LogP contribution in [0.15, 0.2) is 72.8 Å². The first kappa shape index (κ1) is 40.9. The third-order valence-electron chi connectivity index (χ3n) is 11.9. The Morgan fingerprint density at radius 3 is 1.50 bits per heavy atom. The molecule has 3 fully saturated rings. The SMILES string of the molecule is O=C(O)[C@@H](Cc1cccc(CC(=O)N(CCOc2cccc(C[C@H](C(=O)O)[C@@H]3CCNC3)c2)Cc2cccc(C[C@H](C(=O)O)[C@@H]3CCNC3)c2)c1)[C@@H]1CCNC1. The van der Waals surface area contributed by atoms with Gasteiger partial charge >= 0.3 is 17.9 Å². The Balaban J connectivity index is 1.15. The molecule has 300 valence electrons. The fourth-order valence-electron chi connectivity index (χ4n) is 8.75. The van der Waals surface area contributed by atoms with Gasteiger partial charge in [0.05, 0.1) is 30.7 Å². The number of rotatable bonds is 20. The molecule has 0 saturated carbocycles. The zero-order valence-corrected chi connectivity index (χ0v) is 32.0. The Morgan fingerprint density at radius 2 is 1.04 bits per heavy atom. The van der Waals surface area contributed by atoms with E-state index in [1.165, 1.54) is 0 Å². The number of nitrogens with one attached hydrogen (secondary N) is 3. The van der Waals surface area contributed by atoms with E-state index in [2.05, 4.69) is 16.0 Å². The van der Waals surface area contributed by atoms with E-state index in [1.807, 2.05) is 72.8 Å². The second-order valence-corrected chi connectivity index (χ2v) is 15.8. The number of carbonyl (C=O) groups excluding carboxylic acids is 1. The van der Waals surface area contributed by atoms with Crippen LogP contribution >= 0.6 is 0 Å². The number of hydrogen-bond acceptors (Lipinski definition) is 8. The van der Waals surface area contributed by atoms with E-state index >= 15 is 0 Å². The Labute approximate surface area is 329 Å². The fraction of sp³-hybridized carbons (Fsp3) is 0.500. The van der Waals surface area contributed by atoms with Crippen LogP contribution in [-0.2, 0) is 51.4 Å². The third kappa shape index (κ3) is 11.4. The largest absolute Gasteiger partial charge is 0.492 e. The highest BCUT2D eigenvalue weighted by Gasteiger charge is 2.33. The number of aliphatic carboxylic acids is 3. The molecule has 0 spiro atoms. The maximum Gasteiger partial charge on any atom is 0.307 e. The maximum atomic E-state index is 14.1. The van der Waals surface area contributed by atoms with Crippen molar-refractivity contribution in [1.82, 2.24) is 20.9 Å². The first-order chi connectivity index (χ1) is 27.1. The van der Waals surface area contributed by atoms with Crippen molar-refractivity contribution in [1.29, 1.82) is 0 Å². The van der Waals surface area contributed by atoms with E-state index in [1.54, 1.807) is 4.90 Å². The van der Waals surface area contributed by atoms with Crippen molar-refractivity contribution in [2.45, 2.75) is 51.5 Å². The van der Waals surface area contributed by atoms with E-state index < -0.39 is 35.7 Å². The van der Waals surface area contributed by atoms with Crippen LogP contribution in [0.1, 0.15) is 47.1 Å². The first-order valence-electron chi connectivity index (χ1n) is 20.1. The van der Waals surface area contributed by atoms with Gasteiger partial charge in [0.2, 0.25) is 5.91 Å². The molecule has 6 N–H and O–H groups in total. The summed E-state index contributed by atoms with van der Waals surface area (Å²) >= 11 is 0. The molecule has 0 bridgehead atoms. The van der Waals surface area contributed by atoms with Gasteiger partial charge in [-0.3, -0.25) is 19.2 Å². The zero-order valence-electron chi connectivity index (χ0n) is 32.0. The number of carboxylic acids is 3. The summed E-state index contributed by atoms with van der Waals surface area (Å²) in [6.45, 7) is 5.32. The predicted molar refractivity (Wildman–Crippen MR) is 211 cm³/mol. The van der Waals surface area contributed by atoms with Crippen molar-refractivity contribution >= 4 is 23.8 Å². The van der Waals surface area contributed by atoms with Gasteiger partial charge in [-0.25, -0.2) is 0 Å². The number of benzene rings is 3. The molecule has 0 aromatic heterocycles. The predicted octanol–water partition coefficient (Wildman–Crippen LogP) is 3.90. The van der Waals surface area contributed by atoms with Crippen LogP contribution in [0.5, 0.6) is 5.75 Å². The highest BCUT2D eigenvalue weighted by atomic mass is 16.5. The Morgan fingerprint density at radius 1 is 0.607 bits per heavy atom. The molecule has 6 atom stereocenters. The van der Waals surface area contributed by atoms with Gasteiger partial charge in [-0.1, -0.05) is 60.7 Å². The van der Waals surface area contributed by atoms with Crippen molar-refractivity contribution in [3.05, 3.63) is 101 Å². The maximum absolute atomic E-state index is 14.1. The van der Waals surface area contributed by atoms with E-state index in [0.717, 1.165) is 66.7 Å². The first-order valence-corrected chi connectivity index (χ1v) is 20.1. The van der Waals surface area contributed by atoms with Gasteiger partial charge in [0.1, 0.15) is 12.4 Å². The summed E-state index contributed by atoms with van der Waals surface area (Å²) in [4.78, 5) is 52.4. The molecule has 12 heteroatoms. The minimum absolute atomic E-state index is 0.0635. The van der Waals surface area contributed by atoms with Crippen LogP contribution in [-0.4, -0.2) is 96.5 Å². The van der Waals surface area contributed by atoms with Crippen LogP contribution < -0.4 is 20.7 Å². The number of nitrogens with zero attached hydrogens (tertiary/aromatic N) is 1. The van der Waals surface area contributed by atoms with Crippen LogP contribution in [0.25, 0.3) is 0 Å². The zero-order chi connectivity index (χ0) is 39.4. The van der Waals surface area contributed by atoms with Crippen LogP contribution in [0, 0.1) is 35.5 Å². The standard InChI is InChI=1S/C44H56N4O8/c49-41(24-31-6-1-4-29(18-31)21-38(42(50)51)34-10-13-45-25-34)48(28-33-8-2-5-30(19-33)22-39(43(52)53)35-11-14-46-26-35)16-17-56-37-9-3-7-32(20-37)23-40(44(54)55)36-12-15-47-27-36/h1-9,18-20,34-36,38-40,45-47H,10-17,21-28H2,(H,50,51)(H,52,53)(H,54,55)/t34-,35-,36-,38+,39+,40+/m1/s1. The van der Waals surface area contributed by atoms with Gasteiger partial charge in [0.15, 0.2) is 0 Å². The number of amides is 1. The Kier molecular flexibility index (Phi) is 14.5. The van der Waals surface area contributed by atoms with Crippen LogP contribution in [0.2, 0.25) is 0 Å². The third-order valence-corrected chi connectivity index (χ3v) is 11.9. The normalized spacial score (nSPS) is 21.0. The minimum Gasteiger partial charge on any atom is -0.492 e. The summed E-state index contributed by atoms with van der Waals surface area (Å²) in [5.41, 5.74) is 4.36. The second kappa shape index (κ2) is 19.9. The molecule has 0 aliphatic carbocycles. The van der Waals surface area contributed by atoms with Crippen molar-refractivity contribution in [2.75, 3.05) is 52.4 Å². The average molecular weight is 769 g/mol. The molecule has 3 saturated heterocycles. The Bertz CT molecular complexity index is 1800. The van der Waals surface area contributed by atoms with Gasteiger partial charge in [0, 0.05) is 6.54 Å². The quantitative estimate of drug-likeness (QED) is 0.0984. The van der Waals surface area contributed by atoms with E-state index in [9.17, 15) is 34.5 Å². The summed E-state index contributed by atoms with van der Waals surface area (Å²) in [7, 11) is 0. The Hall–Kier alpha value is -4.78.